The van der Waals surface area contributed by atoms with Crippen LogP contribution in [0, 0.1) is 0 Å². The highest BCUT2D eigenvalue weighted by atomic mass is 16.5. The summed E-state index contributed by atoms with van der Waals surface area (Å²) < 4.78 is 5.00. The van der Waals surface area contributed by atoms with Gasteiger partial charge >= 0.3 is 0 Å². The van der Waals surface area contributed by atoms with Crippen LogP contribution in [-0.4, -0.2) is 33.0 Å². The van der Waals surface area contributed by atoms with E-state index in [4.69, 9.17) is 4.74 Å². The molecular formula is C22H19N7O2. The molecule has 0 saturated heterocycles. The van der Waals surface area contributed by atoms with Gasteiger partial charge in [-0.25, -0.2) is 19.9 Å². The monoisotopic (exact) mass is 413 g/mol. The van der Waals surface area contributed by atoms with Crippen molar-refractivity contribution in [3.63, 3.8) is 0 Å². The fourth-order valence-corrected chi connectivity index (χ4v) is 2.69. The summed E-state index contributed by atoms with van der Waals surface area (Å²) in [5, 5.41) is 9.16. The lowest BCUT2D eigenvalue weighted by Crippen LogP contribution is -2.12. The number of nitrogens with one attached hydrogen (secondary N) is 3. The average molecular weight is 413 g/mol. The predicted molar refractivity (Wildman–Crippen MR) is 118 cm³/mol. The Morgan fingerprint density at radius 2 is 1.58 bits per heavy atom. The topological polar surface area (TPSA) is 114 Å². The first-order valence-electron chi connectivity index (χ1n) is 9.38. The zero-order chi connectivity index (χ0) is 21.5. The number of methoxy groups -OCH3 is 1. The number of benzene rings is 1. The Labute approximate surface area is 178 Å². The molecule has 0 bridgehead atoms. The minimum Gasteiger partial charge on any atom is -0.481 e. The molecule has 0 aliphatic heterocycles. The average Bonchev–Trinajstić information content (AvgIpc) is 2.81. The number of amides is 1. The molecule has 0 saturated carbocycles. The predicted octanol–water partition coefficient (Wildman–Crippen LogP) is 4.01. The van der Waals surface area contributed by atoms with Crippen LogP contribution in [0.5, 0.6) is 5.88 Å². The number of hydrogen-bond donors (Lipinski definition) is 3. The largest absolute Gasteiger partial charge is 0.481 e. The van der Waals surface area contributed by atoms with Gasteiger partial charge in [0.05, 0.1) is 12.7 Å². The van der Waals surface area contributed by atoms with Crippen molar-refractivity contribution in [1.29, 1.82) is 0 Å². The standard InChI is InChI=1S/C22H19N7O2/c1-31-21-10-5-15(13-24-21)22(30)28-17-8-6-16(7-9-17)27-19-12-20(26-14-25-19)29-18-4-2-3-11-23-18/h2-14H,1H3,(H,28,30)(H2,23,25,26,27,29). The molecule has 0 atom stereocenters. The first-order valence-corrected chi connectivity index (χ1v) is 9.38. The summed E-state index contributed by atoms with van der Waals surface area (Å²) in [6.45, 7) is 0. The van der Waals surface area contributed by atoms with Crippen LogP contribution in [0.25, 0.3) is 0 Å². The Morgan fingerprint density at radius 1 is 0.806 bits per heavy atom. The lowest BCUT2D eigenvalue weighted by molar-refractivity contribution is 0.102. The molecular weight excluding hydrogens is 394 g/mol. The number of nitrogens with zero attached hydrogens (tertiary/aromatic N) is 4. The SMILES string of the molecule is COc1ccc(C(=O)Nc2ccc(Nc3cc(Nc4ccccn4)ncn3)cc2)cn1. The molecule has 3 aromatic heterocycles. The molecule has 0 aliphatic carbocycles. The molecule has 3 heterocycles. The number of ether oxygens (including phenoxy) is 1. The summed E-state index contributed by atoms with van der Waals surface area (Å²) >= 11 is 0. The summed E-state index contributed by atoms with van der Waals surface area (Å²) in [7, 11) is 1.52. The van der Waals surface area contributed by atoms with E-state index in [1.807, 2.05) is 30.3 Å². The van der Waals surface area contributed by atoms with Crippen molar-refractivity contribution in [2.24, 2.45) is 0 Å². The van der Waals surface area contributed by atoms with Crippen LogP contribution in [-0.2, 0) is 0 Å². The lowest BCUT2D eigenvalue weighted by Gasteiger charge is -2.10. The van der Waals surface area contributed by atoms with Crippen LogP contribution in [0.15, 0.2) is 79.4 Å². The van der Waals surface area contributed by atoms with Gasteiger partial charge in [0.25, 0.3) is 5.91 Å². The van der Waals surface area contributed by atoms with Gasteiger partial charge in [-0.2, -0.15) is 0 Å². The maximum absolute atomic E-state index is 12.3. The van der Waals surface area contributed by atoms with Gasteiger partial charge in [-0.15, -0.1) is 0 Å². The third-order valence-corrected chi connectivity index (χ3v) is 4.21. The molecule has 31 heavy (non-hydrogen) atoms. The molecule has 154 valence electrons. The molecule has 4 aromatic rings. The number of anilines is 5. The highest BCUT2D eigenvalue weighted by Gasteiger charge is 2.07. The van der Waals surface area contributed by atoms with Crippen molar-refractivity contribution < 1.29 is 9.53 Å². The Bertz CT molecular complexity index is 1150. The zero-order valence-corrected chi connectivity index (χ0v) is 16.6. The third-order valence-electron chi connectivity index (χ3n) is 4.21. The molecule has 9 nitrogen and oxygen atoms in total. The van der Waals surface area contributed by atoms with Gasteiger partial charge < -0.3 is 20.7 Å². The molecule has 4 rings (SSSR count). The maximum atomic E-state index is 12.3. The molecule has 0 spiro atoms. The first-order chi connectivity index (χ1) is 15.2. The quantitative estimate of drug-likeness (QED) is 0.416. The first kappa shape index (κ1) is 19.8. The van der Waals surface area contributed by atoms with E-state index in [9.17, 15) is 4.79 Å². The van der Waals surface area contributed by atoms with E-state index >= 15 is 0 Å². The normalized spacial score (nSPS) is 10.2. The fourth-order valence-electron chi connectivity index (χ4n) is 2.69. The van der Waals surface area contributed by atoms with E-state index in [1.54, 1.807) is 36.5 Å². The summed E-state index contributed by atoms with van der Waals surface area (Å²) in [5.74, 6) is 2.13. The van der Waals surface area contributed by atoms with Gasteiger partial charge in [-0.3, -0.25) is 4.79 Å². The van der Waals surface area contributed by atoms with E-state index in [-0.39, 0.29) is 5.91 Å². The molecule has 9 heteroatoms. The number of carbonyl (C=O) groups is 1. The van der Waals surface area contributed by atoms with Crippen molar-refractivity contribution in [3.05, 3.63) is 84.9 Å². The van der Waals surface area contributed by atoms with Crippen LogP contribution in [0.3, 0.4) is 0 Å². The number of aromatic nitrogens is 4. The highest BCUT2D eigenvalue weighted by molar-refractivity contribution is 6.04. The molecule has 0 aliphatic rings. The van der Waals surface area contributed by atoms with Crippen molar-refractivity contribution in [2.45, 2.75) is 0 Å². The number of pyridine rings is 2. The molecule has 0 unspecified atom stereocenters. The number of hydrogen-bond acceptors (Lipinski definition) is 8. The van der Waals surface area contributed by atoms with Gasteiger partial charge in [0.15, 0.2) is 0 Å². The number of rotatable bonds is 7. The molecule has 3 N–H and O–H groups in total. The van der Waals surface area contributed by atoms with Gasteiger partial charge in [-0.05, 0) is 42.5 Å². The Kier molecular flexibility index (Phi) is 5.94. The second kappa shape index (κ2) is 9.31. The van der Waals surface area contributed by atoms with Gasteiger partial charge in [0.2, 0.25) is 5.88 Å². The Balaban J connectivity index is 1.38. The van der Waals surface area contributed by atoms with Crippen molar-refractivity contribution in [3.8, 4) is 5.88 Å². The summed E-state index contributed by atoms with van der Waals surface area (Å²) in [5.41, 5.74) is 1.91. The van der Waals surface area contributed by atoms with E-state index in [2.05, 4.69) is 35.9 Å². The van der Waals surface area contributed by atoms with Crippen LogP contribution in [0.4, 0.5) is 28.8 Å². The van der Waals surface area contributed by atoms with Gasteiger partial charge in [0.1, 0.15) is 23.8 Å². The summed E-state index contributed by atoms with van der Waals surface area (Å²) in [6, 6.07) is 17.9. The van der Waals surface area contributed by atoms with Gasteiger partial charge in [-0.1, -0.05) is 6.07 Å². The number of carbonyl (C=O) groups excluding carboxylic acids is 1. The Hall–Kier alpha value is -4.53. The van der Waals surface area contributed by atoms with E-state index in [0.717, 1.165) is 5.69 Å². The summed E-state index contributed by atoms with van der Waals surface area (Å²) in [6.07, 6.45) is 4.63. The minimum absolute atomic E-state index is 0.253. The van der Waals surface area contributed by atoms with Crippen LogP contribution in [0.2, 0.25) is 0 Å². The smallest absolute Gasteiger partial charge is 0.257 e. The van der Waals surface area contributed by atoms with Crippen LogP contribution in [0.1, 0.15) is 10.4 Å². The van der Waals surface area contributed by atoms with Gasteiger partial charge in [0, 0.05) is 35.9 Å². The maximum Gasteiger partial charge on any atom is 0.257 e. The minimum atomic E-state index is -0.253. The van der Waals surface area contributed by atoms with Crippen LogP contribution >= 0.6 is 0 Å². The molecule has 1 aromatic carbocycles. The zero-order valence-electron chi connectivity index (χ0n) is 16.6. The lowest BCUT2D eigenvalue weighted by atomic mass is 10.2. The fraction of sp³-hybridized carbons (Fsp3) is 0.0455. The molecule has 1 amide bonds. The van der Waals surface area contributed by atoms with Crippen LogP contribution < -0.4 is 20.7 Å². The van der Waals surface area contributed by atoms with Crippen molar-refractivity contribution in [2.75, 3.05) is 23.1 Å². The third kappa shape index (κ3) is 5.30. The van der Waals surface area contributed by atoms with Crippen molar-refractivity contribution in [1.82, 2.24) is 19.9 Å². The molecule has 0 fully saturated rings. The molecule has 0 radical (unpaired) electrons. The second-order valence-corrected chi connectivity index (χ2v) is 6.37. The Morgan fingerprint density at radius 3 is 2.26 bits per heavy atom. The van der Waals surface area contributed by atoms with E-state index < -0.39 is 0 Å². The summed E-state index contributed by atoms with van der Waals surface area (Å²) in [4.78, 5) is 29.0. The van der Waals surface area contributed by atoms with Crippen molar-refractivity contribution >= 4 is 34.7 Å². The highest BCUT2D eigenvalue weighted by Crippen LogP contribution is 2.20. The second-order valence-electron chi connectivity index (χ2n) is 6.37. The van der Waals surface area contributed by atoms with E-state index in [0.29, 0.717) is 34.6 Å². The van der Waals surface area contributed by atoms with E-state index in [1.165, 1.54) is 19.6 Å².